The van der Waals surface area contributed by atoms with Crippen molar-refractivity contribution in [3.63, 3.8) is 0 Å². The molecule has 14 heteroatoms. The Morgan fingerprint density at radius 2 is 0.599 bits per heavy atom. The van der Waals surface area contributed by atoms with E-state index in [1.165, 1.54) is 91.4 Å². The van der Waals surface area contributed by atoms with Crippen LogP contribution in [0, 0.1) is 0 Å². The van der Waals surface area contributed by atoms with Gasteiger partial charge in [-0.25, -0.2) is 29.9 Å². The average molecular weight is 1780 g/mol. The van der Waals surface area contributed by atoms with Crippen LogP contribution in [0.5, 0.6) is 0 Å². The Labute approximate surface area is 786 Å². The molecule has 0 atom stereocenters. The molecule has 0 aliphatic heterocycles. The van der Waals surface area contributed by atoms with Gasteiger partial charge in [0, 0.05) is 131 Å². The molecule has 29 aromatic rings. The molecule has 137 heavy (non-hydrogen) atoms. The summed E-state index contributed by atoms with van der Waals surface area (Å²) in [6, 6.07) is 146. The highest BCUT2D eigenvalue weighted by Crippen LogP contribution is 2.54. The predicted molar refractivity (Wildman–Crippen MR) is 561 cm³/mol. The molecule has 0 radical (unpaired) electrons. The third-order valence-corrected chi connectivity index (χ3v) is 28.8. The largest absolute Gasteiger partial charge is 0.454 e. The van der Waals surface area contributed by atoms with E-state index in [0.29, 0.717) is 34.2 Å². The number of fused-ring (bicyclic) bond motifs is 30. The van der Waals surface area contributed by atoms with Gasteiger partial charge in [-0.2, -0.15) is 0 Å². The molecule has 642 valence electrons. The summed E-state index contributed by atoms with van der Waals surface area (Å²) < 4.78 is 35.7. The Bertz CT molecular complexity index is 9670. The third-order valence-electron chi connectivity index (χ3n) is 27.6. The second-order valence-electron chi connectivity index (χ2n) is 35.7. The minimum Gasteiger partial charge on any atom is -0.454 e. The van der Waals surface area contributed by atoms with E-state index in [1.807, 2.05) is 145 Å². The van der Waals surface area contributed by atoms with Gasteiger partial charge in [-0.1, -0.05) is 323 Å². The molecule has 0 saturated heterocycles. The second kappa shape index (κ2) is 30.5. The first kappa shape index (κ1) is 77.8. The first-order chi connectivity index (χ1) is 67.7. The molecule has 0 amide bonds. The van der Waals surface area contributed by atoms with Crippen LogP contribution in [-0.2, 0) is 5.41 Å². The Morgan fingerprint density at radius 1 is 0.234 bits per heavy atom. The number of hydrogen-bond donors (Lipinski definition) is 0. The Balaban J connectivity index is 0.000000102. The smallest absolute Gasteiger partial charge is 0.180 e. The Morgan fingerprint density at radius 3 is 1.11 bits per heavy atom. The van der Waals surface area contributed by atoms with Crippen LogP contribution in [0.25, 0.3) is 270 Å². The summed E-state index contributed by atoms with van der Waals surface area (Å²) in [4.78, 5) is 30.4. The molecular formula is C123H75N9O4S. The number of furan rings is 4. The Kier molecular flexibility index (Phi) is 17.3. The van der Waals surface area contributed by atoms with Crippen LogP contribution < -0.4 is 0 Å². The van der Waals surface area contributed by atoms with Crippen molar-refractivity contribution in [2.75, 3.05) is 0 Å². The minimum absolute atomic E-state index is 0.140. The summed E-state index contributed by atoms with van der Waals surface area (Å²) in [5.41, 5.74) is 32.3. The maximum Gasteiger partial charge on any atom is 0.180 e. The summed E-state index contributed by atoms with van der Waals surface area (Å²) >= 11 is 1.86. The number of para-hydroxylation sites is 7. The van der Waals surface area contributed by atoms with Gasteiger partial charge in [-0.05, 0) is 131 Å². The number of aromatic nitrogens is 9. The molecule has 0 spiro atoms. The van der Waals surface area contributed by atoms with Crippen molar-refractivity contribution >= 4 is 185 Å². The van der Waals surface area contributed by atoms with Gasteiger partial charge in [-0.15, -0.1) is 11.3 Å². The molecule has 30 rings (SSSR count). The fourth-order valence-corrected chi connectivity index (χ4v) is 22.7. The third kappa shape index (κ3) is 12.1. The molecule has 18 aromatic carbocycles. The van der Waals surface area contributed by atoms with E-state index in [4.69, 9.17) is 47.6 Å². The molecule has 13 nitrogen and oxygen atoms in total. The summed E-state index contributed by atoms with van der Waals surface area (Å²) in [6.45, 7) is 4.72. The van der Waals surface area contributed by atoms with E-state index < -0.39 is 0 Å². The van der Waals surface area contributed by atoms with Crippen LogP contribution in [0.4, 0.5) is 0 Å². The first-order valence-corrected chi connectivity index (χ1v) is 46.9. The molecule has 11 aromatic heterocycles. The highest BCUT2D eigenvalue weighted by molar-refractivity contribution is 7.26. The van der Waals surface area contributed by atoms with E-state index in [-0.39, 0.29) is 5.41 Å². The Hall–Kier alpha value is -18.0. The summed E-state index contributed by atoms with van der Waals surface area (Å²) in [7, 11) is 0. The molecule has 0 saturated carbocycles. The fraction of sp³-hybridized carbons (Fsp3) is 0.0244. The normalized spacial score (nSPS) is 12.5. The highest BCUT2D eigenvalue weighted by atomic mass is 32.1. The maximum atomic E-state index is 6.57. The molecule has 1 aliphatic rings. The average Bonchev–Trinajstić information content (AvgIpc) is 1.55. The van der Waals surface area contributed by atoms with E-state index in [9.17, 15) is 0 Å². The highest BCUT2D eigenvalue weighted by Gasteiger charge is 2.39. The van der Waals surface area contributed by atoms with Crippen LogP contribution in [0.1, 0.15) is 25.0 Å². The number of hydrogen-bond acceptors (Lipinski definition) is 11. The summed E-state index contributed by atoms with van der Waals surface area (Å²) in [6.07, 6.45) is 0. The van der Waals surface area contributed by atoms with Crippen LogP contribution in [0.3, 0.4) is 0 Å². The molecule has 11 heterocycles. The maximum absolute atomic E-state index is 6.57. The monoisotopic (exact) mass is 1770 g/mol. The standard InChI is InChI=1S/C43H29N3O.C40H23N3O2.C40H23N3OS/c1-43(2)34-17-9-6-14-29(34)31-24-25-32-30-15-7-10-18-35(30)46(40(32)37(31)43)28-22-20-26(21-23-28)38-41-39(33-16-8-11-19-36(33)47-41)45-42(44-38)27-12-4-3-5-13-27;1-2-11-24(12-3-1)40-41-35(39-36(42-40)31-17-6-9-20-34(31)45-39)25-13-10-14-26(23-25)43-32-18-7-4-15-27(32)29-21-22-30-28-16-5-8-19-33(28)44-38(30)37(29)43;1-2-11-24(12-3-1)40-41-35(38-36(42-40)31-17-5-8-19-33(31)44-38)25-13-10-14-26(23-25)43-32-18-7-4-15-27(32)29-21-22-30-28-16-6-9-20-34(28)45-39(30)37(29)43/h3-25H,1-2H3;2*1-23H. The first-order valence-electron chi connectivity index (χ1n) is 46.1. The van der Waals surface area contributed by atoms with Crippen molar-refractivity contribution in [1.29, 1.82) is 0 Å². The van der Waals surface area contributed by atoms with E-state index in [2.05, 4.69) is 313 Å². The molecule has 0 bridgehead atoms. The predicted octanol–water partition coefficient (Wildman–Crippen LogP) is 33.0. The zero-order chi connectivity index (χ0) is 90.2. The second-order valence-corrected chi connectivity index (χ2v) is 36.8. The zero-order valence-electron chi connectivity index (χ0n) is 73.9. The summed E-state index contributed by atoms with van der Waals surface area (Å²) in [5.74, 6) is 2.03. The van der Waals surface area contributed by atoms with E-state index in [1.54, 1.807) is 0 Å². The lowest BCUT2D eigenvalue weighted by molar-refractivity contribution is 0.664. The van der Waals surface area contributed by atoms with Gasteiger partial charge < -0.3 is 31.4 Å². The van der Waals surface area contributed by atoms with Gasteiger partial charge in [-0.3, -0.25) is 0 Å². The number of nitrogens with zero attached hydrogens (tertiary/aromatic N) is 9. The van der Waals surface area contributed by atoms with Gasteiger partial charge in [0.05, 0.1) is 37.8 Å². The molecule has 0 N–H and O–H groups in total. The zero-order valence-corrected chi connectivity index (χ0v) is 74.7. The number of thiophene rings is 1. The van der Waals surface area contributed by atoms with Crippen molar-refractivity contribution < 1.29 is 17.7 Å². The SMILES string of the molecule is CC1(C)c2ccccc2-c2ccc3c4ccccc4n(-c4ccc(-c5nc(-c6ccccc6)nc6c5oc5ccccc56)cc4)c3c21.c1ccc(-c2nc(-c3cccc(-n4c5ccccc5c5ccc6c7ccccc7oc6c54)c3)c3oc4ccccc4c3n2)cc1.c1ccc(-c2nc(-c3cccc(-n4c5ccccc5c5ccc6c7ccccc7sc6c54)c3)c3oc4ccccc4c3n2)cc1. The van der Waals surface area contributed by atoms with Gasteiger partial charge in [0.25, 0.3) is 0 Å². The topological polar surface area (TPSA) is 145 Å². The van der Waals surface area contributed by atoms with Crippen LogP contribution >= 0.6 is 11.3 Å². The molecule has 0 fully saturated rings. The van der Waals surface area contributed by atoms with Crippen LogP contribution in [0.15, 0.2) is 436 Å². The van der Waals surface area contributed by atoms with Gasteiger partial charge >= 0.3 is 0 Å². The van der Waals surface area contributed by atoms with Crippen molar-refractivity contribution in [1.82, 2.24) is 43.6 Å². The summed E-state index contributed by atoms with van der Waals surface area (Å²) in [5, 5.41) is 15.1. The number of rotatable bonds is 9. The lowest BCUT2D eigenvalue weighted by atomic mass is 9.81. The minimum atomic E-state index is -0.140. The quantitative estimate of drug-likeness (QED) is 0.137. The van der Waals surface area contributed by atoms with E-state index >= 15 is 0 Å². The van der Waals surface area contributed by atoms with Crippen molar-refractivity contribution in [2.24, 2.45) is 0 Å². The van der Waals surface area contributed by atoms with Crippen LogP contribution in [0.2, 0.25) is 0 Å². The molecule has 1 aliphatic carbocycles. The van der Waals surface area contributed by atoms with Gasteiger partial charge in [0.2, 0.25) is 0 Å². The van der Waals surface area contributed by atoms with Crippen molar-refractivity contribution in [3.8, 4) is 96.1 Å². The molecular weight excluding hydrogens is 1700 g/mol. The lowest BCUT2D eigenvalue weighted by Gasteiger charge is -2.23. The fourth-order valence-electron chi connectivity index (χ4n) is 21.4. The molecule has 0 unspecified atom stereocenters. The van der Waals surface area contributed by atoms with Gasteiger partial charge in [0.1, 0.15) is 56.0 Å². The van der Waals surface area contributed by atoms with Crippen molar-refractivity contribution in [3.05, 3.63) is 430 Å². The van der Waals surface area contributed by atoms with E-state index in [0.717, 1.165) is 155 Å². The van der Waals surface area contributed by atoms with Gasteiger partial charge in [0.15, 0.2) is 39.8 Å². The number of benzene rings is 18. The lowest BCUT2D eigenvalue weighted by Crippen LogP contribution is -2.16. The van der Waals surface area contributed by atoms with Crippen LogP contribution in [-0.4, -0.2) is 43.6 Å². The van der Waals surface area contributed by atoms with Crippen molar-refractivity contribution in [2.45, 2.75) is 19.3 Å².